The van der Waals surface area contributed by atoms with Gasteiger partial charge in [-0.2, -0.15) is 0 Å². The van der Waals surface area contributed by atoms with E-state index in [1.54, 1.807) is 0 Å². The van der Waals surface area contributed by atoms with Gasteiger partial charge in [0.15, 0.2) is 0 Å². The fourth-order valence-corrected chi connectivity index (χ4v) is 2.71. The Bertz CT molecular complexity index is 391. The molecule has 0 bridgehead atoms. The zero-order valence-corrected chi connectivity index (χ0v) is 12.7. The summed E-state index contributed by atoms with van der Waals surface area (Å²) in [5.41, 5.74) is 1.21. The molecule has 0 amide bonds. The number of pyridine rings is 1. The Morgan fingerprint density at radius 3 is 2.83 bits per heavy atom. The van der Waals surface area contributed by atoms with Crippen molar-refractivity contribution in [3.05, 3.63) is 22.3 Å². The SMILES string of the molecule is Cc1cc(Br)cnc1N(C)CCN1CCNCC1. The van der Waals surface area contributed by atoms with Crippen LogP contribution in [0.25, 0.3) is 0 Å². The molecule has 1 fully saturated rings. The van der Waals surface area contributed by atoms with Gasteiger partial charge < -0.3 is 10.2 Å². The maximum atomic E-state index is 4.49. The molecule has 0 unspecified atom stereocenters. The Labute approximate surface area is 118 Å². The van der Waals surface area contributed by atoms with Gasteiger partial charge in [0.05, 0.1) is 0 Å². The molecule has 0 aliphatic carbocycles. The van der Waals surface area contributed by atoms with Crippen LogP contribution in [0.2, 0.25) is 0 Å². The topological polar surface area (TPSA) is 31.4 Å². The minimum absolute atomic E-state index is 1.02. The molecule has 0 aromatic carbocycles. The lowest BCUT2D eigenvalue weighted by Crippen LogP contribution is -2.46. The van der Waals surface area contributed by atoms with Gasteiger partial charge in [0.25, 0.3) is 0 Å². The van der Waals surface area contributed by atoms with Gasteiger partial charge in [0, 0.05) is 57.0 Å². The average Bonchev–Trinajstić information content (AvgIpc) is 2.37. The van der Waals surface area contributed by atoms with Crippen LogP contribution in [0.1, 0.15) is 5.56 Å². The van der Waals surface area contributed by atoms with Gasteiger partial charge in [-0.15, -0.1) is 0 Å². The van der Waals surface area contributed by atoms with Crippen LogP contribution < -0.4 is 10.2 Å². The first-order valence-electron chi connectivity index (χ1n) is 6.43. The molecular weight excluding hydrogens is 292 g/mol. The highest BCUT2D eigenvalue weighted by Gasteiger charge is 2.11. The van der Waals surface area contributed by atoms with Gasteiger partial charge in [-0.25, -0.2) is 4.98 Å². The highest BCUT2D eigenvalue weighted by atomic mass is 79.9. The molecule has 4 nitrogen and oxygen atoms in total. The highest BCUT2D eigenvalue weighted by molar-refractivity contribution is 9.10. The van der Waals surface area contributed by atoms with Gasteiger partial charge in [-0.3, -0.25) is 4.90 Å². The number of aromatic nitrogens is 1. The molecule has 100 valence electrons. The smallest absolute Gasteiger partial charge is 0.131 e. The minimum atomic E-state index is 1.02. The van der Waals surface area contributed by atoms with Gasteiger partial charge >= 0.3 is 0 Å². The number of anilines is 1. The summed E-state index contributed by atoms with van der Waals surface area (Å²) in [4.78, 5) is 9.23. The summed E-state index contributed by atoms with van der Waals surface area (Å²) in [5.74, 6) is 1.08. The molecule has 0 saturated carbocycles. The van der Waals surface area contributed by atoms with Crippen LogP contribution in [-0.4, -0.2) is 56.2 Å². The summed E-state index contributed by atoms with van der Waals surface area (Å²) >= 11 is 3.45. The monoisotopic (exact) mass is 312 g/mol. The number of hydrogen-bond acceptors (Lipinski definition) is 4. The molecule has 0 spiro atoms. The molecule has 0 atom stereocenters. The number of hydrogen-bond donors (Lipinski definition) is 1. The van der Waals surface area contributed by atoms with Crippen molar-refractivity contribution in [3.63, 3.8) is 0 Å². The number of nitrogens with zero attached hydrogens (tertiary/aromatic N) is 3. The van der Waals surface area contributed by atoms with E-state index in [0.29, 0.717) is 0 Å². The normalized spacial score (nSPS) is 16.8. The van der Waals surface area contributed by atoms with Crippen LogP contribution in [0.3, 0.4) is 0 Å². The minimum Gasteiger partial charge on any atom is -0.358 e. The van der Waals surface area contributed by atoms with Crippen LogP contribution in [0.15, 0.2) is 16.7 Å². The number of piperazine rings is 1. The fraction of sp³-hybridized carbons (Fsp3) is 0.615. The molecule has 1 aromatic heterocycles. The van der Waals surface area contributed by atoms with E-state index >= 15 is 0 Å². The maximum Gasteiger partial charge on any atom is 0.131 e. The second-order valence-corrected chi connectivity index (χ2v) is 5.72. The Hall–Kier alpha value is -0.650. The number of aryl methyl sites for hydroxylation is 1. The van der Waals surface area contributed by atoms with Gasteiger partial charge in [0.1, 0.15) is 5.82 Å². The number of likely N-dealkylation sites (N-methyl/N-ethyl adjacent to an activating group) is 1. The second kappa shape index (κ2) is 6.50. The van der Waals surface area contributed by atoms with Gasteiger partial charge in [-0.1, -0.05) is 0 Å². The summed E-state index contributed by atoms with van der Waals surface area (Å²) in [7, 11) is 2.12. The number of rotatable bonds is 4. The van der Waals surface area contributed by atoms with Gasteiger partial charge in [0.2, 0.25) is 0 Å². The molecule has 2 rings (SSSR count). The Kier molecular flexibility index (Phi) is 4.97. The van der Waals surface area contributed by atoms with E-state index in [0.717, 1.165) is 49.6 Å². The van der Waals surface area contributed by atoms with Crippen LogP contribution in [0, 0.1) is 6.92 Å². The quantitative estimate of drug-likeness (QED) is 0.913. The van der Waals surface area contributed by atoms with E-state index in [1.807, 2.05) is 6.20 Å². The van der Waals surface area contributed by atoms with Crippen LogP contribution in [0.4, 0.5) is 5.82 Å². The molecule has 18 heavy (non-hydrogen) atoms. The third kappa shape index (κ3) is 3.67. The molecule has 1 saturated heterocycles. The van der Waals surface area contributed by atoms with Crippen LogP contribution in [0.5, 0.6) is 0 Å². The van der Waals surface area contributed by atoms with Crippen molar-refractivity contribution in [2.75, 3.05) is 51.2 Å². The van der Waals surface area contributed by atoms with E-state index in [2.05, 4.69) is 56.1 Å². The van der Waals surface area contributed by atoms with E-state index in [1.165, 1.54) is 5.56 Å². The van der Waals surface area contributed by atoms with Crippen molar-refractivity contribution in [1.29, 1.82) is 0 Å². The highest BCUT2D eigenvalue weighted by Crippen LogP contribution is 2.19. The van der Waals surface area contributed by atoms with Crippen molar-refractivity contribution in [1.82, 2.24) is 15.2 Å². The largest absolute Gasteiger partial charge is 0.358 e. The molecule has 0 radical (unpaired) electrons. The second-order valence-electron chi connectivity index (χ2n) is 4.81. The molecular formula is C13H21BrN4. The molecule has 1 aromatic rings. The lowest BCUT2D eigenvalue weighted by atomic mass is 10.2. The molecule has 5 heteroatoms. The first-order valence-corrected chi connectivity index (χ1v) is 7.22. The van der Waals surface area contributed by atoms with E-state index in [-0.39, 0.29) is 0 Å². The van der Waals surface area contributed by atoms with Crippen molar-refractivity contribution in [3.8, 4) is 0 Å². The van der Waals surface area contributed by atoms with E-state index in [9.17, 15) is 0 Å². The first-order chi connectivity index (χ1) is 8.66. The summed E-state index contributed by atoms with van der Waals surface area (Å²) in [6.07, 6.45) is 1.86. The van der Waals surface area contributed by atoms with Crippen LogP contribution in [-0.2, 0) is 0 Å². The Morgan fingerprint density at radius 1 is 1.44 bits per heavy atom. The van der Waals surface area contributed by atoms with Crippen molar-refractivity contribution >= 4 is 21.7 Å². The number of halogens is 1. The summed E-state index contributed by atoms with van der Waals surface area (Å²) in [6.45, 7) is 8.76. The Balaban J connectivity index is 1.88. The predicted molar refractivity (Wildman–Crippen MR) is 79.3 cm³/mol. The molecule has 2 heterocycles. The van der Waals surface area contributed by atoms with E-state index < -0.39 is 0 Å². The van der Waals surface area contributed by atoms with Crippen LogP contribution >= 0.6 is 15.9 Å². The van der Waals surface area contributed by atoms with E-state index in [4.69, 9.17) is 0 Å². The van der Waals surface area contributed by atoms with Crippen molar-refractivity contribution in [2.24, 2.45) is 0 Å². The maximum absolute atomic E-state index is 4.49. The zero-order chi connectivity index (χ0) is 13.0. The lowest BCUT2D eigenvalue weighted by molar-refractivity contribution is 0.246. The Morgan fingerprint density at radius 2 is 2.17 bits per heavy atom. The summed E-state index contributed by atoms with van der Waals surface area (Å²) in [5, 5.41) is 3.38. The summed E-state index contributed by atoms with van der Waals surface area (Å²) < 4.78 is 1.04. The van der Waals surface area contributed by atoms with Crippen molar-refractivity contribution < 1.29 is 0 Å². The first kappa shape index (κ1) is 13.8. The number of nitrogens with one attached hydrogen (secondary N) is 1. The third-order valence-electron chi connectivity index (χ3n) is 3.34. The molecule has 1 aliphatic heterocycles. The van der Waals surface area contributed by atoms with Crippen molar-refractivity contribution in [2.45, 2.75) is 6.92 Å². The summed E-state index contributed by atoms with van der Waals surface area (Å²) in [6, 6.07) is 2.11. The van der Waals surface area contributed by atoms with Gasteiger partial charge in [-0.05, 0) is 34.5 Å². The average molecular weight is 313 g/mol. The third-order valence-corrected chi connectivity index (χ3v) is 3.77. The fourth-order valence-electron chi connectivity index (χ4n) is 2.26. The lowest BCUT2D eigenvalue weighted by Gasteiger charge is -2.29. The molecule has 1 N–H and O–H groups in total. The predicted octanol–water partition coefficient (Wildman–Crippen LogP) is 1.49. The molecule has 1 aliphatic rings. The standard InChI is InChI=1S/C13H21BrN4/c1-11-9-12(14)10-16-13(11)17(2)7-8-18-5-3-15-4-6-18/h9-10,15H,3-8H2,1-2H3. The zero-order valence-electron chi connectivity index (χ0n) is 11.1.